The molecular formula is C14H27N. The van der Waals surface area contributed by atoms with E-state index in [2.05, 4.69) is 26.1 Å². The molecule has 0 aromatic heterocycles. The second-order valence-corrected chi connectivity index (χ2v) is 6.35. The van der Waals surface area contributed by atoms with Gasteiger partial charge in [0.15, 0.2) is 0 Å². The molecule has 1 aliphatic carbocycles. The minimum Gasteiger partial charge on any atom is -0.316 e. The first kappa shape index (κ1) is 11.4. The van der Waals surface area contributed by atoms with Crippen molar-refractivity contribution in [2.24, 2.45) is 23.2 Å². The van der Waals surface area contributed by atoms with E-state index in [9.17, 15) is 0 Å². The van der Waals surface area contributed by atoms with E-state index in [1.807, 2.05) is 0 Å². The van der Waals surface area contributed by atoms with Gasteiger partial charge >= 0.3 is 0 Å². The fraction of sp³-hybridized carbons (Fsp3) is 1.00. The zero-order valence-electron chi connectivity index (χ0n) is 10.7. The van der Waals surface area contributed by atoms with E-state index < -0.39 is 0 Å². The molecule has 0 amide bonds. The lowest BCUT2D eigenvalue weighted by Gasteiger charge is -2.43. The normalized spacial score (nSPS) is 42.4. The number of hydrogen-bond donors (Lipinski definition) is 1. The molecule has 1 heteroatoms. The fourth-order valence-electron chi connectivity index (χ4n) is 3.81. The highest BCUT2D eigenvalue weighted by molar-refractivity contribution is 4.92. The number of nitrogens with one attached hydrogen (secondary N) is 1. The quantitative estimate of drug-likeness (QED) is 0.697. The Labute approximate surface area is 95.0 Å². The smallest absolute Gasteiger partial charge is 0.00203 e. The molecule has 1 saturated heterocycles. The van der Waals surface area contributed by atoms with Gasteiger partial charge in [0.25, 0.3) is 0 Å². The Morgan fingerprint density at radius 3 is 2.73 bits per heavy atom. The van der Waals surface area contributed by atoms with Crippen molar-refractivity contribution in [3.05, 3.63) is 0 Å². The third kappa shape index (κ3) is 2.22. The van der Waals surface area contributed by atoms with E-state index in [-0.39, 0.29) is 0 Å². The molecule has 1 heterocycles. The first-order valence-electron chi connectivity index (χ1n) is 6.83. The van der Waals surface area contributed by atoms with Crippen LogP contribution in [-0.4, -0.2) is 13.1 Å². The van der Waals surface area contributed by atoms with Gasteiger partial charge in [0.2, 0.25) is 0 Å². The van der Waals surface area contributed by atoms with Gasteiger partial charge in [0, 0.05) is 0 Å². The number of hydrogen-bond acceptors (Lipinski definition) is 1. The van der Waals surface area contributed by atoms with Gasteiger partial charge in [-0.3, -0.25) is 0 Å². The Balaban J connectivity index is 2.21. The summed E-state index contributed by atoms with van der Waals surface area (Å²) in [5, 5.41) is 3.64. The molecule has 0 radical (unpaired) electrons. The van der Waals surface area contributed by atoms with Crippen molar-refractivity contribution in [3.8, 4) is 0 Å². The average molecular weight is 209 g/mol. The fourth-order valence-corrected chi connectivity index (χ4v) is 3.81. The van der Waals surface area contributed by atoms with Crippen LogP contribution in [0, 0.1) is 23.2 Å². The van der Waals surface area contributed by atoms with Crippen molar-refractivity contribution in [1.82, 2.24) is 5.32 Å². The highest BCUT2D eigenvalue weighted by Gasteiger charge is 2.40. The minimum absolute atomic E-state index is 0.614. The summed E-state index contributed by atoms with van der Waals surface area (Å²) in [5.41, 5.74) is 0.614. The molecule has 1 aliphatic heterocycles. The van der Waals surface area contributed by atoms with Gasteiger partial charge in [-0.15, -0.1) is 0 Å². The van der Waals surface area contributed by atoms with Gasteiger partial charge in [-0.1, -0.05) is 27.2 Å². The molecule has 3 unspecified atom stereocenters. The highest BCUT2D eigenvalue weighted by Crippen LogP contribution is 2.48. The maximum Gasteiger partial charge on any atom is -0.00203 e. The maximum atomic E-state index is 3.64. The molecule has 15 heavy (non-hydrogen) atoms. The summed E-state index contributed by atoms with van der Waals surface area (Å²) < 4.78 is 0. The van der Waals surface area contributed by atoms with Crippen molar-refractivity contribution in [2.75, 3.05) is 13.1 Å². The van der Waals surface area contributed by atoms with Crippen LogP contribution in [0.15, 0.2) is 0 Å². The second-order valence-electron chi connectivity index (χ2n) is 6.35. The van der Waals surface area contributed by atoms with Crippen molar-refractivity contribution < 1.29 is 0 Å². The SMILES string of the molecule is CC(C)C1(C)CC2CCCC1CCNC2. The second kappa shape index (κ2) is 4.45. The number of fused-ring (bicyclic) bond motifs is 3. The van der Waals surface area contributed by atoms with Crippen LogP contribution in [0.4, 0.5) is 0 Å². The van der Waals surface area contributed by atoms with Crippen LogP contribution in [0.1, 0.15) is 52.9 Å². The molecule has 1 nitrogen and oxygen atoms in total. The summed E-state index contributed by atoms with van der Waals surface area (Å²) in [4.78, 5) is 0. The largest absolute Gasteiger partial charge is 0.316 e. The molecule has 0 aromatic carbocycles. The average Bonchev–Trinajstić information content (AvgIpc) is 2.27. The molecule has 3 atom stereocenters. The third-order valence-corrected chi connectivity index (χ3v) is 5.25. The Hall–Kier alpha value is -0.0400. The lowest BCUT2D eigenvalue weighted by atomic mass is 9.63. The van der Waals surface area contributed by atoms with Crippen molar-refractivity contribution >= 4 is 0 Å². The van der Waals surface area contributed by atoms with E-state index in [4.69, 9.17) is 0 Å². The van der Waals surface area contributed by atoms with Gasteiger partial charge in [0.1, 0.15) is 0 Å². The molecule has 2 bridgehead atoms. The van der Waals surface area contributed by atoms with Gasteiger partial charge in [-0.25, -0.2) is 0 Å². The maximum absolute atomic E-state index is 3.64. The van der Waals surface area contributed by atoms with Crippen LogP contribution in [-0.2, 0) is 0 Å². The standard InChI is InChI=1S/C14H27N/c1-11(2)14(3)9-12-5-4-6-13(14)7-8-15-10-12/h11-13,15H,4-10H2,1-3H3. The topological polar surface area (TPSA) is 12.0 Å². The summed E-state index contributed by atoms with van der Waals surface area (Å²) >= 11 is 0. The third-order valence-electron chi connectivity index (χ3n) is 5.25. The van der Waals surface area contributed by atoms with E-state index in [0.29, 0.717) is 5.41 Å². The lowest BCUT2D eigenvalue weighted by Crippen LogP contribution is -2.39. The van der Waals surface area contributed by atoms with Crippen LogP contribution in [0.2, 0.25) is 0 Å². The summed E-state index contributed by atoms with van der Waals surface area (Å²) in [5.74, 6) is 2.76. The first-order chi connectivity index (χ1) is 7.13. The molecule has 2 rings (SSSR count). The monoisotopic (exact) mass is 209 g/mol. The van der Waals surface area contributed by atoms with Gasteiger partial charge in [-0.05, 0) is 61.9 Å². The van der Waals surface area contributed by atoms with Crippen molar-refractivity contribution in [2.45, 2.75) is 52.9 Å². The molecule has 0 aromatic rings. The molecule has 1 N–H and O–H groups in total. The van der Waals surface area contributed by atoms with Gasteiger partial charge < -0.3 is 5.32 Å². The van der Waals surface area contributed by atoms with Crippen LogP contribution in [0.5, 0.6) is 0 Å². The molecule has 0 spiro atoms. The molecular weight excluding hydrogens is 182 g/mol. The molecule has 1 saturated carbocycles. The minimum atomic E-state index is 0.614. The predicted octanol–water partition coefficient (Wildman–Crippen LogP) is 3.45. The summed E-state index contributed by atoms with van der Waals surface area (Å²) in [6.45, 7) is 9.96. The molecule has 2 fully saturated rings. The Kier molecular flexibility index (Phi) is 3.39. The molecule has 2 aliphatic rings. The number of rotatable bonds is 1. The predicted molar refractivity (Wildman–Crippen MR) is 65.9 cm³/mol. The van der Waals surface area contributed by atoms with Crippen LogP contribution >= 0.6 is 0 Å². The van der Waals surface area contributed by atoms with E-state index in [1.54, 1.807) is 0 Å². The lowest BCUT2D eigenvalue weighted by molar-refractivity contribution is 0.0711. The summed E-state index contributed by atoms with van der Waals surface area (Å²) in [7, 11) is 0. The van der Waals surface area contributed by atoms with Crippen molar-refractivity contribution in [3.63, 3.8) is 0 Å². The van der Waals surface area contributed by atoms with Crippen molar-refractivity contribution in [1.29, 1.82) is 0 Å². The van der Waals surface area contributed by atoms with Crippen LogP contribution < -0.4 is 5.32 Å². The highest BCUT2D eigenvalue weighted by atomic mass is 14.9. The van der Waals surface area contributed by atoms with E-state index in [0.717, 1.165) is 17.8 Å². The van der Waals surface area contributed by atoms with E-state index >= 15 is 0 Å². The Morgan fingerprint density at radius 1 is 1.20 bits per heavy atom. The summed E-state index contributed by atoms with van der Waals surface area (Å²) in [6, 6.07) is 0. The zero-order valence-corrected chi connectivity index (χ0v) is 10.7. The first-order valence-corrected chi connectivity index (χ1v) is 6.83. The molecule has 88 valence electrons. The summed E-state index contributed by atoms with van der Waals surface area (Å²) in [6.07, 6.45) is 7.28. The van der Waals surface area contributed by atoms with Crippen LogP contribution in [0.25, 0.3) is 0 Å². The van der Waals surface area contributed by atoms with Gasteiger partial charge in [-0.2, -0.15) is 0 Å². The Morgan fingerprint density at radius 2 is 2.00 bits per heavy atom. The van der Waals surface area contributed by atoms with Gasteiger partial charge in [0.05, 0.1) is 0 Å². The zero-order chi connectivity index (χ0) is 10.9. The van der Waals surface area contributed by atoms with E-state index in [1.165, 1.54) is 45.2 Å². The Bertz CT molecular complexity index is 207. The van der Waals surface area contributed by atoms with Crippen LogP contribution in [0.3, 0.4) is 0 Å².